The molecule has 1 N–H and O–H groups in total. The van der Waals surface area contributed by atoms with Gasteiger partial charge in [-0.3, -0.25) is 4.79 Å². The lowest BCUT2D eigenvalue weighted by Gasteiger charge is -2.23. The molecule has 1 aliphatic carbocycles. The molecule has 0 bridgehead atoms. The molecule has 0 saturated heterocycles. The molecule has 0 atom stereocenters. The quantitative estimate of drug-likeness (QED) is 0.638. The molecule has 1 amide bonds. The average molecular weight is 241 g/mol. The van der Waals surface area contributed by atoms with Crippen molar-refractivity contribution < 1.29 is 4.79 Å². The molecular formula is C16H19NO. The van der Waals surface area contributed by atoms with Gasteiger partial charge in [0.15, 0.2) is 0 Å². The Morgan fingerprint density at radius 3 is 2.56 bits per heavy atom. The Kier molecular flexibility index (Phi) is 4.35. The number of nitrogens with one attached hydrogen (secondary N) is 1. The highest BCUT2D eigenvalue weighted by Crippen LogP contribution is 2.21. The molecule has 1 aliphatic rings. The van der Waals surface area contributed by atoms with E-state index in [2.05, 4.69) is 11.9 Å². The first kappa shape index (κ1) is 12.6. The number of hydrogen-bond donors (Lipinski definition) is 1. The van der Waals surface area contributed by atoms with Crippen molar-refractivity contribution >= 4 is 12.0 Å². The molecule has 2 nitrogen and oxygen atoms in total. The van der Waals surface area contributed by atoms with Gasteiger partial charge in [-0.05, 0) is 37.3 Å². The molecule has 0 radical (unpaired) electrons. The number of rotatable bonds is 3. The Bertz CT molecular complexity index is 437. The van der Waals surface area contributed by atoms with Gasteiger partial charge in [0.1, 0.15) is 0 Å². The maximum atomic E-state index is 11.7. The predicted octanol–water partition coefficient (Wildman–Crippen LogP) is 3.31. The molecule has 0 aliphatic heterocycles. The highest BCUT2D eigenvalue weighted by molar-refractivity contribution is 5.91. The summed E-state index contributed by atoms with van der Waals surface area (Å²) in [7, 11) is 0. The van der Waals surface area contributed by atoms with Gasteiger partial charge < -0.3 is 5.32 Å². The Hall–Kier alpha value is -1.83. The second-order valence-corrected chi connectivity index (χ2v) is 4.78. The van der Waals surface area contributed by atoms with Crippen LogP contribution in [-0.2, 0) is 4.79 Å². The monoisotopic (exact) mass is 241 g/mol. The number of benzene rings is 1. The van der Waals surface area contributed by atoms with Crippen molar-refractivity contribution in [2.24, 2.45) is 0 Å². The zero-order valence-electron chi connectivity index (χ0n) is 10.6. The number of allylic oxidation sites excluding steroid dienone is 1. The first-order valence-corrected chi connectivity index (χ1v) is 6.44. The maximum absolute atomic E-state index is 11.7. The van der Waals surface area contributed by atoms with Gasteiger partial charge in [0, 0.05) is 12.1 Å². The van der Waals surface area contributed by atoms with Gasteiger partial charge >= 0.3 is 0 Å². The third-order valence-electron chi connectivity index (χ3n) is 3.27. The van der Waals surface area contributed by atoms with Crippen LogP contribution in [0, 0.1) is 0 Å². The first-order valence-electron chi connectivity index (χ1n) is 6.44. The SMILES string of the molecule is C=C1CCC(NC(=O)C=Cc2ccccc2)CC1. The van der Waals surface area contributed by atoms with E-state index in [0.717, 1.165) is 31.2 Å². The predicted molar refractivity (Wildman–Crippen MR) is 75.0 cm³/mol. The van der Waals surface area contributed by atoms with E-state index in [1.807, 2.05) is 36.4 Å². The van der Waals surface area contributed by atoms with E-state index in [1.165, 1.54) is 5.57 Å². The molecule has 1 aromatic carbocycles. The van der Waals surface area contributed by atoms with Gasteiger partial charge in [-0.15, -0.1) is 0 Å². The molecule has 94 valence electrons. The van der Waals surface area contributed by atoms with Gasteiger partial charge in [0.25, 0.3) is 0 Å². The Labute approximate surface area is 108 Å². The minimum absolute atomic E-state index is 0.00337. The molecule has 1 saturated carbocycles. The topological polar surface area (TPSA) is 29.1 Å². The summed E-state index contributed by atoms with van der Waals surface area (Å²) in [5, 5.41) is 3.04. The summed E-state index contributed by atoms with van der Waals surface area (Å²) in [4.78, 5) is 11.7. The zero-order valence-corrected chi connectivity index (χ0v) is 10.6. The highest BCUT2D eigenvalue weighted by Gasteiger charge is 2.16. The van der Waals surface area contributed by atoms with Crippen molar-refractivity contribution in [3.63, 3.8) is 0 Å². The second-order valence-electron chi connectivity index (χ2n) is 4.78. The maximum Gasteiger partial charge on any atom is 0.244 e. The van der Waals surface area contributed by atoms with Crippen molar-refractivity contribution in [2.45, 2.75) is 31.7 Å². The molecule has 0 heterocycles. The molecule has 2 heteroatoms. The van der Waals surface area contributed by atoms with Crippen LogP contribution in [0.15, 0.2) is 48.6 Å². The Morgan fingerprint density at radius 2 is 1.89 bits per heavy atom. The van der Waals surface area contributed by atoms with E-state index < -0.39 is 0 Å². The summed E-state index contributed by atoms with van der Waals surface area (Å²) < 4.78 is 0. The summed E-state index contributed by atoms with van der Waals surface area (Å²) in [5.74, 6) is -0.00337. The zero-order chi connectivity index (χ0) is 12.8. The minimum Gasteiger partial charge on any atom is -0.350 e. The lowest BCUT2D eigenvalue weighted by atomic mass is 9.92. The summed E-state index contributed by atoms with van der Waals surface area (Å²) in [6.45, 7) is 3.98. The van der Waals surface area contributed by atoms with Crippen molar-refractivity contribution in [1.29, 1.82) is 0 Å². The van der Waals surface area contributed by atoms with E-state index in [-0.39, 0.29) is 5.91 Å². The van der Waals surface area contributed by atoms with Gasteiger partial charge in [-0.25, -0.2) is 0 Å². The van der Waals surface area contributed by atoms with Crippen molar-refractivity contribution in [3.8, 4) is 0 Å². The molecular weight excluding hydrogens is 222 g/mol. The fraction of sp³-hybridized carbons (Fsp3) is 0.312. The Morgan fingerprint density at radius 1 is 1.22 bits per heavy atom. The van der Waals surface area contributed by atoms with Gasteiger partial charge in [0.05, 0.1) is 0 Å². The molecule has 0 spiro atoms. The summed E-state index contributed by atoms with van der Waals surface area (Å²) >= 11 is 0. The molecule has 2 rings (SSSR count). The fourth-order valence-electron chi connectivity index (χ4n) is 2.16. The standard InChI is InChI=1S/C16H19NO/c1-13-7-10-15(11-8-13)17-16(18)12-9-14-5-3-2-4-6-14/h2-6,9,12,15H,1,7-8,10-11H2,(H,17,18). The number of carbonyl (C=O) groups excluding carboxylic acids is 1. The highest BCUT2D eigenvalue weighted by atomic mass is 16.1. The largest absolute Gasteiger partial charge is 0.350 e. The molecule has 1 fully saturated rings. The van der Waals surface area contributed by atoms with Crippen LogP contribution in [0.2, 0.25) is 0 Å². The molecule has 0 aromatic heterocycles. The smallest absolute Gasteiger partial charge is 0.244 e. The third-order valence-corrected chi connectivity index (χ3v) is 3.27. The van der Waals surface area contributed by atoms with Crippen LogP contribution in [0.5, 0.6) is 0 Å². The number of hydrogen-bond acceptors (Lipinski definition) is 1. The lowest BCUT2D eigenvalue weighted by molar-refractivity contribution is -0.117. The fourth-order valence-corrected chi connectivity index (χ4v) is 2.16. The van der Waals surface area contributed by atoms with Crippen molar-refractivity contribution in [2.75, 3.05) is 0 Å². The number of amides is 1. The van der Waals surface area contributed by atoms with E-state index in [0.29, 0.717) is 6.04 Å². The number of carbonyl (C=O) groups is 1. The van der Waals surface area contributed by atoms with Crippen LogP contribution in [0.1, 0.15) is 31.2 Å². The van der Waals surface area contributed by atoms with Crippen LogP contribution >= 0.6 is 0 Å². The molecule has 18 heavy (non-hydrogen) atoms. The lowest BCUT2D eigenvalue weighted by Crippen LogP contribution is -2.35. The molecule has 1 aromatic rings. The Balaban J connectivity index is 1.82. The summed E-state index contributed by atoms with van der Waals surface area (Å²) in [6, 6.07) is 10.2. The van der Waals surface area contributed by atoms with Crippen LogP contribution in [-0.4, -0.2) is 11.9 Å². The van der Waals surface area contributed by atoms with Crippen LogP contribution in [0.4, 0.5) is 0 Å². The van der Waals surface area contributed by atoms with Crippen molar-refractivity contribution in [1.82, 2.24) is 5.32 Å². The summed E-state index contributed by atoms with van der Waals surface area (Å²) in [6.07, 6.45) is 7.56. The van der Waals surface area contributed by atoms with Crippen molar-refractivity contribution in [3.05, 3.63) is 54.1 Å². The van der Waals surface area contributed by atoms with Gasteiger partial charge in [0.2, 0.25) is 5.91 Å². The van der Waals surface area contributed by atoms with Crippen LogP contribution in [0.25, 0.3) is 6.08 Å². The normalized spacial score (nSPS) is 17.0. The average Bonchev–Trinajstić information content (AvgIpc) is 2.40. The first-order chi connectivity index (χ1) is 8.74. The van der Waals surface area contributed by atoms with E-state index in [9.17, 15) is 4.79 Å². The minimum atomic E-state index is -0.00337. The van der Waals surface area contributed by atoms with Gasteiger partial charge in [-0.2, -0.15) is 0 Å². The van der Waals surface area contributed by atoms with E-state index in [1.54, 1.807) is 6.08 Å². The van der Waals surface area contributed by atoms with E-state index >= 15 is 0 Å². The van der Waals surface area contributed by atoms with Crippen LogP contribution in [0.3, 0.4) is 0 Å². The molecule has 0 unspecified atom stereocenters. The van der Waals surface area contributed by atoms with E-state index in [4.69, 9.17) is 0 Å². The summed E-state index contributed by atoms with van der Waals surface area (Å²) in [5.41, 5.74) is 2.35. The third kappa shape index (κ3) is 3.88. The van der Waals surface area contributed by atoms with Crippen LogP contribution < -0.4 is 5.32 Å². The second kappa shape index (κ2) is 6.20. The van der Waals surface area contributed by atoms with Gasteiger partial charge in [-0.1, -0.05) is 42.5 Å².